The van der Waals surface area contributed by atoms with Gasteiger partial charge in [0.1, 0.15) is 37.0 Å². The molecule has 2 N–H and O–H groups in total. The molecular formula is C24H25N7O4. The van der Waals surface area contributed by atoms with Gasteiger partial charge in [0.15, 0.2) is 11.5 Å². The first-order valence-electron chi connectivity index (χ1n) is 11.4. The molecule has 4 heterocycles. The van der Waals surface area contributed by atoms with E-state index in [0.717, 1.165) is 17.1 Å². The minimum Gasteiger partial charge on any atom is -0.486 e. The summed E-state index contributed by atoms with van der Waals surface area (Å²) in [5, 5.41) is 6.18. The first-order chi connectivity index (χ1) is 17.2. The Kier molecular flexibility index (Phi) is 6.69. The molecule has 1 amide bonds. The van der Waals surface area contributed by atoms with Gasteiger partial charge in [0.25, 0.3) is 0 Å². The van der Waals surface area contributed by atoms with Gasteiger partial charge >= 0.3 is 0 Å². The van der Waals surface area contributed by atoms with Gasteiger partial charge in [-0.1, -0.05) is 6.07 Å². The third-order valence-electron chi connectivity index (χ3n) is 5.82. The van der Waals surface area contributed by atoms with Gasteiger partial charge in [-0.25, -0.2) is 14.8 Å². The number of amides is 1. The van der Waals surface area contributed by atoms with Crippen LogP contribution < -0.4 is 25.0 Å². The Morgan fingerprint density at radius 3 is 2.91 bits per heavy atom. The van der Waals surface area contributed by atoms with Crippen molar-refractivity contribution < 1.29 is 19.1 Å². The number of imidazole rings is 1. The minimum absolute atomic E-state index is 0.113. The summed E-state index contributed by atoms with van der Waals surface area (Å²) in [5.74, 6) is 4.34. The maximum absolute atomic E-state index is 12.7. The van der Waals surface area contributed by atoms with Crippen molar-refractivity contribution in [2.24, 2.45) is 0 Å². The Morgan fingerprint density at radius 1 is 1.20 bits per heavy atom. The van der Waals surface area contributed by atoms with Crippen molar-refractivity contribution in [1.82, 2.24) is 30.2 Å². The van der Waals surface area contributed by atoms with Crippen LogP contribution in [0.5, 0.6) is 11.5 Å². The summed E-state index contributed by atoms with van der Waals surface area (Å²) in [4.78, 5) is 39.2. The normalized spacial score (nSPS) is 17.1. The predicted molar refractivity (Wildman–Crippen MR) is 126 cm³/mol. The summed E-state index contributed by atoms with van der Waals surface area (Å²) in [7, 11) is 0. The highest BCUT2D eigenvalue weighted by Crippen LogP contribution is 2.30. The average Bonchev–Trinajstić information content (AvgIpc) is 3.44. The molecule has 35 heavy (non-hydrogen) atoms. The van der Waals surface area contributed by atoms with E-state index in [4.69, 9.17) is 9.47 Å². The standard InChI is InChI=1S/C24H25N7O4/c32-15-19-18(14-23(33)27-5-3-17-1-2-20-21(13-17)35-12-11-34-20)26-8-10-31(19)22-4-6-28-24(29-22)30-9-7-25-16-30/h1-2,4,6-7,9,13,16,18,26H,3,5,8,10-12,14H2,(H,27,33). The zero-order valence-corrected chi connectivity index (χ0v) is 19.0. The molecular weight excluding hydrogens is 450 g/mol. The van der Waals surface area contributed by atoms with Crippen LogP contribution in [0.3, 0.4) is 0 Å². The van der Waals surface area contributed by atoms with Crippen molar-refractivity contribution in [3.63, 3.8) is 0 Å². The lowest BCUT2D eigenvalue weighted by Crippen LogP contribution is -2.51. The second-order valence-electron chi connectivity index (χ2n) is 8.11. The molecule has 0 spiro atoms. The number of nitrogens with one attached hydrogen (secondary N) is 2. The zero-order chi connectivity index (χ0) is 24.0. The number of nitrogens with zero attached hydrogens (tertiary/aromatic N) is 5. The lowest BCUT2D eigenvalue weighted by Gasteiger charge is -2.34. The van der Waals surface area contributed by atoms with E-state index in [1.54, 1.807) is 40.5 Å². The van der Waals surface area contributed by atoms with Gasteiger partial charge < -0.3 is 25.0 Å². The fourth-order valence-corrected chi connectivity index (χ4v) is 4.13. The van der Waals surface area contributed by atoms with E-state index < -0.39 is 6.04 Å². The third kappa shape index (κ3) is 5.16. The maximum atomic E-state index is 12.7. The van der Waals surface area contributed by atoms with Crippen LogP contribution in [-0.2, 0) is 16.0 Å². The zero-order valence-electron chi connectivity index (χ0n) is 19.0. The number of anilines is 1. The predicted octanol–water partition coefficient (Wildman–Crippen LogP) is 0.676. The Balaban J connectivity index is 1.19. The molecule has 0 saturated carbocycles. The van der Waals surface area contributed by atoms with Crippen molar-refractivity contribution in [1.29, 1.82) is 0 Å². The van der Waals surface area contributed by atoms with Gasteiger partial charge in [0.2, 0.25) is 11.9 Å². The summed E-state index contributed by atoms with van der Waals surface area (Å²) in [6, 6.07) is 7.05. The van der Waals surface area contributed by atoms with Gasteiger partial charge in [0.05, 0.1) is 6.04 Å². The molecule has 2 aliphatic heterocycles. The number of carbonyl (C=O) groups excluding carboxylic acids is 2. The van der Waals surface area contributed by atoms with Crippen LogP contribution in [0.4, 0.5) is 5.82 Å². The second-order valence-corrected chi connectivity index (χ2v) is 8.11. The Morgan fingerprint density at radius 2 is 2.09 bits per heavy atom. The number of aromatic nitrogens is 4. The molecule has 1 fully saturated rings. The molecule has 5 rings (SSSR count). The molecule has 3 aromatic rings. The lowest BCUT2D eigenvalue weighted by molar-refractivity contribution is -0.121. The Bertz CT molecular complexity index is 1240. The molecule has 11 nitrogen and oxygen atoms in total. The van der Waals surface area contributed by atoms with Gasteiger partial charge in [-0.3, -0.25) is 9.36 Å². The number of carbonyl (C=O) groups is 1. The molecule has 0 radical (unpaired) electrons. The highest BCUT2D eigenvalue weighted by Gasteiger charge is 2.29. The number of hydrogen-bond acceptors (Lipinski definition) is 9. The Hall–Kier alpha value is -4.21. The fourth-order valence-electron chi connectivity index (χ4n) is 4.13. The van der Waals surface area contributed by atoms with E-state index in [2.05, 4.69) is 25.6 Å². The van der Waals surface area contributed by atoms with Crippen molar-refractivity contribution >= 4 is 17.7 Å². The molecule has 180 valence electrons. The topological polar surface area (TPSA) is 124 Å². The van der Waals surface area contributed by atoms with Crippen molar-refractivity contribution in [3.05, 3.63) is 60.4 Å². The summed E-state index contributed by atoms with van der Waals surface area (Å²) in [6.45, 7) is 2.66. The summed E-state index contributed by atoms with van der Waals surface area (Å²) >= 11 is 0. The third-order valence-corrected chi connectivity index (χ3v) is 5.82. The maximum Gasteiger partial charge on any atom is 0.236 e. The van der Waals surface area contributed by atoms with Crippen LogP contribution in [0.25, 0.3) is 5.95 Å². The van der Waals surface area contributed by atoms with Crippen molar-refractivity contribution in [2.45, 2.75) is 18.9 Å². The summed E-state index contributed by atoms with van der Waals surface area (Å²) in [5.41, 5.74) is 1.39. The van der Waals surface area contributed by atoms with Crippen LogP contribution in [-0.4, -0.2) is 70.3 Å². The van der Waals surface area contributed by atoms with Crippen LogP contribution in [0, 0.1) is 0 Å². The number of hydrogen-bond donors (Lipinski definition) is 2. The highest BCUT2D eigenvalue weighted by atomic mass is 16.6. The number of piperazine rings is 1. The van der Waals surface area contributed by atoms with E-state index in [1.165, 1.54) is 0 Å². The largest absolute Gasteiger partial charge is 0.486 e. The monoisotopic (exact) mass is 475 g/mol. The Labute approximate surface area is 201 Å². The smallest absolute Gasteiger partial charge is 0.236 e. The summed E-state index contributed by atoms with van der Waals surface area (Å²) in [6.07, 6.45) is 7.38. The molecule has 1 unspecified atom stereocenters. The number of rotatable bonds is 7. The number of fused-ring (bicyclic) bond motifs is 1. The highest BCUT2D eigenvalue weighted by molar-refractivity contribution is 5.78. The first-order valence-corrected chi connectivity index (χ1v) is 11.4. The molecule has 11 heteroatoms. The fraction of sp³-hybridized carbons (Fsp3) is 0.333. The SMILES string of the molecule is O=C=C1C(CC(=O)NCCc2ccc3c(c2)OCCO3)NCCN1c1ccnc(-n2ccnc2)n1. The lowest BCUT2D eigenvalue weighted by atomic mass is 10.1. The molecule has 1 saturated heterocycles. The van der Waals surface area contributed by atoms with E-state index >= 15 is 0 Å². The van der Waals surface area contributed by atoms with Crippen molar-refractivity contribution in [2.75, 3.05) is 37.7 Å². The second kappa shape index (κ2) is 10.4. The average molecular weight is 476 g/mol. The van der Waals surface area contributed by atoms with E-state index in [9.17, 15) is 9.59 Å². The quantitative estimate of drug-likeness (QED) is 0.475. The molecule has 2 aromatic heterocycles. The van der Waals surface area contributed by atoms with Crippen LogP contribution in [0.1, 0.15) is 12.0 Å². The number of benzene rings is 1. The van der Waals surface area contributed by atoms with Gasteiger partial charge in [0, 0.05) is 44.6 Å². The molecule has 0 bridgehead atoms. The van der Waals surface area contributed by atoms with Gasteiger partial charge in [-0.15, -0.1) is 0 Å². The molecule has 2 aliphatic rings. The summed E-state index contributed by atoms with van der Waals surface area (Å²) < 4.78 is 12.8. The minimum atomic E-state index is -0.470. The van der Waals surface area contributed by atoms with Crippen LogP contribution >= 0.6 is 0 Å². The molecule has 0 aliphatic carbocycles. The van der Waals surface area contributed by atoms with Crippen LogP contribution in [0.2, 0.25) is 0 Å². The van der Waals surface area contributed by atoms with E-state index in [1.807, 2.05) is 24.1 Å². The van der Waals surface area contributed by atoms with E-state index in [-0.39, 0.29) is 12.3 Å². The molecule has 1 aromatic carbocycles. The van der Waals surface area contributed by atoms with Crippen LogP contribution in [0.15, 0.2) is 54.9 Å². The van der Waals surface area contributed by atoms with E-state index in [0.29, 0.717) is 56.7 Å². The first kappa shape index (κ1) is 22.6. The van der Waals surface area contributed by atoms with Gasteiger partial charge in [-0.2, -0.15) is 4.98 Å². The van der Waals surface area contributed by atoms with Gasteiger partial charge in [-0.05, 0) is 30.2 Å². The number of ether oxygens (including phenoxy) is 2. The molecule has 1 atom stereocenters. The van der Waals surface area contributed by atoms with Crippen molar-refractivity contribution in [3.8, 4) is 17.4 Å².